The molecule has 0 unspecified atom stereocenters. The third-order valence-corrected chi connectivity index (χ3v) is 1.87. The van der Waals surface area contributed by atoms with E-state index in [4.69, 9.17) is 5.84 Å². The van der Waals surface area contributed by atoms with Crippen LogP contribution in [0.5, 0.6) is 0 Å². The zero-order valence-electron chi connectivity index (χ0n) is 8.74. The number of amides is 2. The largest absolute Gasteiger partial charge is 0.335 e. The number of nitrogens with zero attached hydrogens (tertiary/aromatic N) is 3. The van der Waals surface area contributed by atoms with Crippen LogP contribution in [-0.4, -0.2) is 21.2 Å². The van der Waals surface area contributed by atoms with E-state index in [0.717, 1.165) is 24.2 Å². The predicted molar refractivity (Wildman–Crippen MR) is 54.9 cm³/mol. The molecule has 82 valence electrons. The van der Waals surface area contributed by atoms with E-state index < -0.39 is 6.03 Å². The third kappa shape index (κ3) is 2.84. The SMILES string of the molecule is CCc1nnc(NC(=O)NN)nc1CC. The summed E-state index contributed by atoms with van der Waals surface area (Å²) in [5.41, 5.74) is 3.60. The Labute approximate surface area is 87.5 Å². The normalized spacial score (nSPS) is 9.80. The van der Waals surface area contributed by atoms with Crippen molar-refractivity contribution in [3.05, 3.63) is 11.4 Å². The Morgan fingerprint density at radius 3 is 2.47 bits per heavy atom. The number of aromatic nitrogens is 3. The van der Waals surface area contributed by atoms with Crippen molar-refractivity contribution in [1.29, 1.82) is 0 Å². The van der Waals surface area contributed by atoms with Crippen molar-refractivity contribution < 1.29 is 4.79 Å². The number of hydrazine groups is 1. The first-order valence-electron chi connectivity index (χ1n) is 4.71. The number of nitrogens with two attached hydrogens (primary N) is 1. The van der Waals surface area contributed by atoms with Crippen LogP contribution in [0.3, 0.4) is 0 Å². The second-order valence-electron chi connectivity index (χ2n) is 2.83. The number of carbonyl (C=O) groups excluding carboxylic acids is 1. The predicted octanol–water partition coefficient (Wildman–Crippen LogP) is -0.00840. The number of nitrogens with one attached hydrogen (secondary N) is 2. The lowest BCUT2D eigenvalue weighted by atomic mass is 10.2. The summed E-state index contributed by atoms with van der Waals surface area (Å²) in [6, 6.07) is -0.567. The van der Waals surface area contributed by atoms with Crippen molar-refractivity contribution >= 4 is 12.0 Å². The zero-order valence-corrected chi connectivity index (χ0v) is 8.74. The molecule has 0 saturated carbocycles. The highest BCUT2D eigenvalue weighted by molar-refractivity contribution is 5.86. The van der Waals surface area contributed by atoms with Crippen molar-refractivity contribution in [2.75, 3.05) is 5.32 Å². The molecule has 0 spiro atoms. The van der Waals surface area contributed by atoms with Crippen LogP contribution in [0, 0.1) is 0 Å². The van der Waals surface area contributed by atoms with E-state index in [0.29, 0.717) is 0 Å². The van der Waals surface area contributed by atoms with E-state index in [-0.39, 0.29) is 5.95 Å². The summed E-state index contributed by atoms with van der Waals surface area (Å²) < 4.78 is 0. The molecule has 1 heterocycles. The molecule has 0 aliphatic rings. The van der Waals surface area contributed by atoms with Crippen LogP contribution in [0.4, 0.5) is 10.7 Å². The minimum Gasteiger partial charge on any atom is -0.276 e. The lowest BCUT2D eigenvalue weighted by Crippen LogP contribution is -2.35. The molecular weight excluding hydrogens is 196 g/mol. The summed E-state index contributed by atoms with van der Waals surface area (Å²) in [7, 11) is 0. The number of hydrogen-bond acceptors (Lipinski definition) is 5. The number of carbonyl (C=O) groups is 1. The molecule has 0 atom stereocenters. The van der Waals surface area contributed by atoms with Gasteiger partial charge in [0.1, 0.15) is 0 Å². The van der Waals surface area contributed by atoms with Gasteiger partial charge in [-0.3, -0.25) is 10.7 Å². The third-order valence-electron chi connectivity index (χ3n) is 1.87. The van der Waals surface area contributed by atoms with Gasteiger partial charge in [0.2, 0.25) is 0 Å². The average Bonchev–Trinajstić information content (AvgIpc) is 2.28. The van der Waals surface area contributed by atoms with E-state index in [1.54, 1.807) is 0 Å². The highest BCUT2D eigenvalue weighted by atomic mass is 16.2. The van der Waals surface area contributed by atoms with Crippen molar-refractivity contribution in [2.24, 2.45) is 5.84 Å². The molecule has 0 aliphatic carbocycles. The lowest BCUT2D eigenvalue weighted by molar-refractivity contribution is 0.252. The van der Waals surface area contributed by atoms with Crippen LogP contribution in [-0.2, 0) is 12.8 Å². The topological polar surface area (TPSA) is 106 Å². The first-order chi connectivity index (χ1) is 7.21. The van der Waals surface area contributed by atoms with Crippen molar-refractivity contribution in [1.82, 2.24) is 20.6 Å². The molecule has 7 nitrogen and oxygen atoms in total. The van der Waals surface area contributed by atoms with Gasteiger partial charge in [-0.2, -0.15) is 0 Å². The van der Waals surface area contributed by atoms with Gasteiger partial charge in [0, 0.05) is 0 Å². The van der Waals surface area contributed by atoms with Gasteiger partial charge in [0.15, 0.2) is 0 Å². The second kappa shape index (κ2) is 5.20. The maximum absolute atomic E-state index is 10.9. The fourth-order valence-corrected chi connectivity index (χ4v) is 1.13. The van der Waals surface area contributed by atoms with Gasteiger partial charge < -0.3 is 0 Å². The second-order valence-corrected chi connectivity index (χ2v) is 2.83. The fraction of sp³-hybridized carbons (Fsp3) is 0.500. The molecule has 0 fully saturated rings. The molecule has 7 heteroatoms. The molecule has 0 aromatic carbocycles. The molecule has 0 aliphatic heterocycles. The van der Waals surface area contributed by atoms with Crippen molar-refractivity contribution in [3.63, 3.8) is 0 Å². The van der Waals surface area contributed by atoms with Gasteiger partial charge in [0.25, 0.3) is 5.95 Å². The maximum atomic E-state index is 10.9. The fourth-order valence-electron chi connectivity index (χ4n) is 1.13. The Kier molecular flexibility index (Phi) is 3.92. The molecule has 0 radical (unpaired) electrons. The van der Waals surface area contributed by atoms with Crippen LogP contribution in [0.2, 0.25) is 0 Å². The van der Waals surface area contributed by atoms with Crippen LogP contribution in [0.15, 0.2) is 0 Å². The summed E-state index contributed by atoms with van der Waals surface area (Å²) in [4.78, 5) is 15.0. The summed E-state index contributed by atoms with van der Waals surface area (Å²) >= 11 is 0. The molecule has 0 saturated heterocycles. The lowest BCUT2D eigenvalue weighted by Gasteiger charge is -2.05. The molecule has 1 aromatic rings. The van der Waals surface area contributed by atoms with Gasteiger partial charge in [0.05, 0.1) is 11.4 Å². The van der Waals surface area contributed by atoms with Gasteiger partial charge in [-0.05, 0) is 12.8 Å². The minimum absolute atomic E-state index is 0.159. The number of hydrogen-bond donors (Lipinski definition) is 3. The Morgan fingerprint density at radius 2 is 1.93 bits per heavy atom. The van der Waals surface area contributed by atoms with Gasteiger partial charge >= 0.3 is 6.03 Å². The highest BCUT2D eigenvalue weighted by Crippen LogP contribution is 2.06. The molecule has 0 bridgehead atoms. The Balaban J connectivity index is 2.88. The van der Waals surface area contributed by atoms with Gasteiger partial charge in [-0.1, -0.05) is 13.8 Å². The van der Waals surface area contributed by atoms with Crippen molar-refractivity contribution in [2.45, 2.75) is 26.7 Å². The maximum Gasteiger partial charge on any atom is 0.335 e. The standard InChI is InChI=1S/C8H14N6O/c1-3-5-6(4-2)13-14-7(10-5)11-8(15)12-9/h3-4,9H2,1-2H3,(H2,10,11,12,14,15). The summed E-state index contributed by atoms with van der Waals surface area (Å²) in [5, 5.41) is 10.1. The Hall–Kier alpha value is -1.76. The molecule has 1 rings (SSSR count). The van der Waals surface area contributed by atoms with Crippen LogP contribution < -0.4 is 16.6 Å². The number of urea groups is 1. The summed E-state index contributed by atoms with van der Waals surface area (Å²) in [6.45, 7) is 3.94. The first-order valence-corrected chi connectivity index (χ1v) is 4.71. The molecule has 15 heavy (non-hydrogen) atoms. The zero-order chi connectivity index (χ0) is 11.3. The monoisotopic (exact) mass is 210 g/mol. The van der Waals surface area contributed by atoms with Crippen LogP contribution in [0.1, 0.15) is 25.2 Å². The van der Waals surface area contributed by atoms with Gasteiger partial charge in [-0.15, -0.1) is 10.2 Å². The number of anilines is 1. The van der Waals surface area contributed by atoms with E-state index in [1.165, 1.54) is 0 Å². The molecule has 2 amide bonds. The van der Waals surface area contributed by atoms with Crippen LogP contribution >= 0.6 is 0 Å². The summed E-state index contributed by atoms with van der Waals surface area (Å²) in [5.74, 6) is 5.07. The molecule has 1 aromatic heterocycles. The molecular formula is C8H14N6O. The number of aryl methyl sites for hydroxylation is 2. The molecule has 4 N–H and O–H groups in total. The first kappa shape index (κ1) is 11.3. The van der Waals surface area contributed by atoms with Crippen molar-refractivity contribution in [3.8, 4) is 0 Å². The number of rotatable bonds is 3. The van der Waals surface area contributed by atoms with Gasteiger partial charge in [-0.25, -0.2) is 15.6 Å². The highest BCUT2D eigenvalue weighted by Gasteiger charge is 2.07. The van der Waals surface area contributed by atoms with E-state index in [1.807, 2.05) is 19.3 Å². The van der Waals surface area contributed by atoms with E-state index in [9.17, 15) is 4.79 Å². The van der Waals surface area contributed by atoms with E-state index in [2.05, 4.69) is 20.5 Å². The minimum atomic E-state index is -0.567. The average molecular weight is 210 g/mol. The Morgan fingerprint density at radius 1 is 1.27 bits per heavy atom. The summed E-state index contributed by atoms with van der Waals surface area (Å²) in [6.07, 6.45) is 1.52. The van der Waals surface area contributed by atoms with Crippen LogP contribution in [0.25, 0.3) is 0 Å². The van der Waals surface area contributed by atoms with E-state index >= 15 is 0 Å². The smallest absolute Gasteiger partial charge is 0.276 e. The quantitative estimate of drug-likeness (QED) is 0.369. The Bertz CT molecular complexity index is 353.